The number of fused-ring (bicyclic) bond motifs is 1. The summed E-state index contributed by atoms with van der Waals surface area (Å²) >= 11 is 0. The largest absolute Gasteiger partial charge is 0.493 e. The summed E-state index contributed by atoms with van der Waals surface area (Å²) < 4.78 is 11.7. The molecule has 1 spiro atoms. The minimum atomic E-state index is -0.370. The standard InChI is InChI=1S/C39H48N4O3/c1-26(2)33-7-5-6-8-34(33)35-25-41(24-28-20-30-19-27(3)46-37(30)36(21-28)45-4)17-18-43(35)32-22-39(23-32)13-15-42(16-14-39)31-11-9-29(10-12-31)38(40)44/h5-12,19-21,26,32,35H,13-18,22-25H2,1-4H3,(H2,40,44)/t35-/m0/s1. The van der Waals surface area contributed by atoms with Crippen LogP contribution in [0.1, 0.15) is 84.3 Å². The maximum atomic E-state index is 11.5. The molecule has 1 aliphatic carbocycles. The lowest BCUT2D eigenvalue weighted by Crippen LogP contribution is -2.60. The van der Waals surface area contributed by atoms with Crippen molar-refractivity contribution in [3.05, 3.63) is 94.7 Å². The van der Waals surface area contributed by atoms with Crippen molar-refractivity contribution in [3.8, 4) is 5.75 Å². The number of amides is 1. The van der Waals surface area contributed by atoms with E-state index in [1.807, 2.05) is 31.2 Å². The van der Waals surface area contributed by atoms with Crippen LogP contribution >= 0.6 is 0 Å². The van der Waals surface area contributed by atoms with Gasteiger partial charge in [0.05, 0.1) is 7.11 Å². The highest BCUT2D eigenvalue weighted by Gasteiger charge is 2.50. The predicted molar refractivity (Wildman–Crippen MR) is 185 cm³/mol. The van der Waals surface area contributed by atoms with Crippen LogP contribution in [0.5, 0.6) is 5.75 Å². The molecule has 3 fully saturated rings. The zero-order valence-corrected chi connectivity index (χ0v) is 27.8. The third kappa shape index (κ3) is 5.91. The van der Waals surface area contributed by atoms with Gasteiger partial charge in [-0.05, 0) is 103 Å². The van der Waals surface area contributed by atoms with Gasteiger partial charge in [-0.3, -0.25) is 14.6 Å². The first-order chi connectivity index (χ1) is 22.2. The van der Waals surface area contributed by atoms with Gasteiger partial charge in [0.1, 0.15) is 5.76 Å². The number of carbonyl (C=O) groups is 1. The molecule has 3 aliphatic rings. The minimum absolute atomic E-state index is 0.370. The summed E-state index contributed by atoms with van der Waals surface area (Å²) in [6.07, 6.45) is 5.03. The van der Waals surface area contributed by atoms with Crippen molar-refractivity contribution in [1.82, 2.24) is 9.80 Å². The summed E-state index contributed by atoms with van der Waals surface area (Å²) in [5, 5.41) is 1.11. The smallest absolute Gasteiger partial charge is 0.248 e. The van der Waals surface area contributed by atoms with Crippen molar-refractivity contribution in [3.63, 3.8) is 0 Å². The first kappa shape index (κ1) is 30.8. The average Bonchev–Trinajstić information content (AvgIpc) is 3.43. The summed E-state index contributed by atoms with van der Waals surface area (Å²) in [6.45, 7) is 12.8. The van der Waals surface area contributed by atoms with E-state index in [0.29, 0.717) is 29.0 Å². The summed E-state index contributed by atoms with van der Waals surface area (Å²) in [7, 11) is 1.73. The van der Waals surface area contributed by atoms with Gasteiger partial charge in [-0.15, -0.1) is 0 Å². The summed E-state index contributed by atoms with van der Waals surface area (Å²) in [5.74, 6) is 1.84. The van der Waals surface area contributed by atoms with Gasteiger partial charge >= 0.3 is 0 Å². The zero-order chi connectivity index (χ0) is 32.0. The fraction of sp³-hybridized carbons (Fsp3) is 0.462. The lowest BCUT2D eigenvalue weighted by molar-refractivity contribution is -0.0628. The van der Waals surface area contributed by atoms with Gasteiger partial charge in [-0.1, -0.05) is 38.1 Å². The molecule has 3 heterocycles. The van der Waals surface area contributed by atoms with Crippen LogP contribution in [-0.2, 0) is 6.54 Å². The second-order valence-electron chi connectivity index (χ2n) is 14.3. The quantitative estimate of drug-likeness (QED) is 0.223. The van der Waals surface area contributed by atoms with Gasteiger partial charge in [-0.25, -0.2) is 0 Å². The summed E-state index contributed by atoms with van der Waals surface area (Å²) in [6, 6.07) is 24.5. The molecule has 0 unspecified atom stereocenters. The molecule has 1 aromatic heterocycles. The third-order valence-electron chi connectivity index (χ3n) is 11.0. The van der Waals surface area contributed by atoms with Crippen molar-refractivity contribution < 1.29 is 13.9 Å². The number of nitrogens with zero attached hydrogens (tertiary/aromatic N) is 3. The van der Waals surface area contributed by atoms with E-state index in [0.717, 1.165) is 61.7 Å². The van der Waals surface area contributed by atoms with Crippen LogP contribution < -0.4 is 15.4 Å². The number of methoxy groups -OCH3 is 1. The first-order valence-corrected chi connectivity index (χ1v) is 17.0. The Kier molecular flexibility index (Phi) is 8.32. The summed E-state index contributed by atoms with van der Waals surface area (Å²) in [4.78, 5) is 19.5. The number of hydrogen-bond donors (Lipinski definition) is 1. The summed E-state index contributed by atoms with van der Waals surface area (Å²) in [5.41, 5.74) is 12.7. The molecule has 0 bridgehead atoms. The fourth-order valence-electron chi connectivity index (χ4n) is 8.52. The third-order valence-corrected chi connectivity index (χ3v) is 11.0. The number of aryl methyl sites for hydroxylation is 1. The van der Waals surface area contributed by atoms with Gasteiger partial charge < -0.3 is 19.8 Å². The monoisotopic (exact) mass is 620 g/mol. The minimum Gasteiger partial charge on any atom is -0.493 e. The molecule has 1 saturated carbocycles. The molecule has 2 N–H and O–H groups in total. The topological polar surface area (TPSA) is 75.2 Å². The Hall–Kier alpha value is -3.81. The Morgan fingerprint density at radius 3 is 2.43 bits per heavy atom. The maximum absolute atomic E-state index is 11.5. The second kappa shape index (κ2) is 12.4. The Labute approximate surface area is 273 Å². The number of carbonyl (C=O) groups excluding carboxylic acids is 1. The lowest BCUT2D eigenvalue weighted by atomic mass is 9.59. The molecule has 46 heavy (non-hydrogen) atoms. The number of nitrogens with two attached hydrogens (primary N) is 1. The number of benzene rings is 3. The number of ether oxygens (including phenoxy) is 1. The molecule has 1 atom stereocenters. The van der Waals surface area contributed by atoms with E-state index in [9.17, 15) is 4.79 Å². The number of piperidine rings is 1. The van der Waals surface area contributed by atoms with Crippen LogP contribution in [0.2, 0.25) is 0 Å². The Bertz CT molecular complexity index is 1690. The molecular weight excluding hydrogens is 572 g/mol. The van der Waals surface area contributed by atoms with Gasteiger partial charge in [0, 0.05) is 68.0 Å². The van der Waals surface area contributed by atoms with E-state index in [1.54, 1.807) is 7.11 Å². The molecule has 3 aromatic carbocycles. The Morgan fingerprint density at radius 2 is 1.74 bits per heavy atom. The van der Waals surface area contributed by atoms with Crippen LogP contribution in [0.25, 0.3) is 11.0 Å². The molecule has 7 nitrogen and oxygen atoms in total. The normalized spacial score (nSPS) is 20.8. The fourth-order valence-corrected chi connectivity index (χ4v) is 8.52. The van der Waals surface area contributed by atoms with Crippen LogP contribution in [0, 0.1) is 12.3 Å². The molecule has 242 valence electrons. The van der Waals surface area contributed by atoms with Gasteiger partial charge in [0.2, 0.25) is 5.91 Å². The molecular formula is C39H48N4O3. The highest BCUT2D eigenvalue weighted by Crippen LogP contribution is 2.53. The second-order valence-corrected chi connectivity index (χ2v) is 14.3. The Balaban J connectivity index is 1.06. The van der Waals surface area contributed by atoms with Gasteiger partial charge in [0.15, 0.2) is 11.3 Å². The van der Waals surface area contributed by atoms with Crippen molar-refractivity contribution in [1.29, 1.82) is 0 Å². The molecule has 0 radical (unpaired) electrons. The molecule has 7 heteroatoms. The van der Waals surface area contributed by atoms with Crippen LogP contribution in [0.3, 0.4) is 0 Å². The van der Waals surface area contributed by atoms with E-state index in [1.165, 1.54) is 48.1 Å². The van der Waals surface area contributed by atoms with E-state index in [4.69, 9.17) is 14.9 Å². The van der Waals surface area contributed by atoms with Crippen molar-refractivity contribution in [2.75, 3.05) is 44.7 Å². The zero-order valence-electron chi connectivity index (χ0n) is 27.8. The number of primary amides is 1. The van der Waals surface area contributed by atoms with Crippen molar-refractivity contribution in [2.45, 2.75) is 71.0 Å². The van der Waals surface area contributed by atoms with Crippen molar-refractivity contribution >= 4 is 22.6 Å². The average molecular weight is 621 g/mol. The lowest BCUT2D eigenvalue weighted by Gasteiger charge is -2.58. The maximum Gasteiger partial charge on any atom is 0.248 e. The van der Waals surface area contributed by atoms with Crippen LogP contribution in [-0.4, -0.2) is 61.6 Å². The SMILES string of the molecule is COc1cc(CN2CCN(C3CC4(CCN(c5ccc(C(N)=O)cc5)CC4)C3)[C@H](c3ccccc3C(C)C)C2)cc2cc(C)oc12. The molecule has 2 saturated heterocycles. The number of anilines is 1. The van der Waals surface area contributed by atoms with E-state index >= 15 is 0 Å². The number of hydrogen-bond acceptors (Lipinski definition) is 6. The first-order valence-electron chi connectivity index (χ1n) is 17.0. The molecule has 1 amide bonds. The molecule has 7 rings (SSSR count). The Morgan fingerprint density at radius 1 is 1.00 bits per heavy atom. The molecule has 2 aliphatic heterocycles. The van der Waals surface area contributed by atoms with E-state index < -0.39 is 0 Å². The van der Waals surface area contributed by atoms with E-state index in [2.05, 4.69) is 71.0 Å². The highest BCUT2D eigenvalue weighted by atomic mass is 16.5. The van der Waals surface area contributed by atoms with Crippen LogP contribution in [0.15, 0.2) is 71.1 Å². The number of rotatable bonds is 8. The van der Waals surface area contributed by atoms with E-state index in [-0.39, 0.29) is 5.91 Å². The van der Waals surface area contributed by atoms with Crippen molar-refractivity contribution in [2.24, 2.45) is 11.1 Å². The van der Waals surface area contributed by atoms with Gasteiger partial charge in [0.25, 0.3) is 0 Å². The number of piperazine rings is 1. The van der Waals surface area contributed by atoms with Crippen LogP contribution in [0.4, 0.5) is 5.69 Å². The predicted octanol–water partition coefficient (Wildman–Crippen LogP) is 7.28. The van der Waals surface area contributed by atoms with Gasteiger partial charge in [-0.2, -0.15) is 0 Å². The highest BCUT2D eigenvalue weighted by molar-refractivity contribution is 5.93. The molecule has 4 aromatic rings. The number of furan rings is 1.